The third kappa shape index (κ3) is 5.67. The molecule has 0 bridgehead atoms. The molecule has 2 nitrogen and oxygen atoms in total. The first-order chi connectivity index (χ1) is 17.1. The first-order valence-corrected chi connectivity index (χ1v) is 16.6. The minimum Gasteiger partial charge on any atom is -0.461 e. The van der Waals surface area contributed by atoms with Crippen LogP contribution in [0.4, 0.5) is 0 Å². The second-order valence-corrected chi connectivity index (χ2v) is 15.3. The Kier molecular flexibility index (Phi) is 9.43. The van der Waals surface area contributed by atoms with E-state index in [0.29, 0.717) is 10.8 Å². The number of halogens is 1. The van der Waals surface area contributed by atoms with Gasteiger partial charge in [0.1, 0.15) is 10.9 Å². The molecular weight excluding hydrogens is 508 g/mol. The molecule has 0 heterocycles. The van der Waals surface area contributed by atoms with Crippen LogP contribution >= 0.6 is 15.9 Å². The normalized spacial score (nSPS) is 39.6. The number of carbonyl (C=O) groups is 1. The van der Waals surface area contributed by atoms with Crippen molar-refractivity contribution < 1.29 is 9.53 Å². The summed E-state index contributed by atoms with van der Waals surface area (Å²) in [6.45, 7) is 14.8. The Balaban J connectivity index is 1.40. The van der Waals surface area contributed by atoms with Gasteiger partial charge in [0.25, 0.3) is 0 Å². The SMILES string of the molecule is CCCC[C@H](Br)C(=O)O[C@H]1CC[C@@]2(C)C(=CC[C@@H]3[C@H]4CC[C@@H]([C@@H](C)CCCC(C)C)[C@@]4(C)CC[C@H]32)C1. The minimum atomic E-state index is -0.144. The van der Waals surface area contributed by atoms with E-state index < -0.39 is 0 Å². The van der Waals surface area contributed by atoms with Gasteiger partial charge in [-0.25, -0.2) is 0 Å². The van der Waals surface area contributed by atoms with E-state index in [1.165, 1.54) is 57.8 Å². The lowest BCUT2D eigenvalue weighted by molar-refractivity contribution is -0.150. The van der Waals surface area contributed by atoms with Gasteiger partial charge in [-0.3, -0.25) is 4.79 Å². The zero-order valence-electron chi connectivity index (χ0n) is 24.3. The van der Waals surface area contributed by atoms with Gasteiger partial charge in [0.2, 0.25) is 0 Å². The highest BCUT2D eigenvalue weighted by molar-refractivity contribution is 9.10. The van der Waals surface area contributed by atoms with Crippen LogP contribution < -0.4 is 0 Å². The average Bonchev–Trinajstić information content (AvgIpc) is 3.19. The van der Waals surface area contributed by atoms with Crippen molar-refractivity contribution in [3.05, 3.63) is 11.6 Å². The van der Waals surface area contributed by atoms with E-state index in [1.54, 1.807) is 5.57 Å². The summed E-state index contributed by atoms with van der Waals surface area (Å²) in [6.07, 6.45) is 20.2. The zero-order chi connectivity index (χ0) is 26.1. The summed E-state index contributed by atoms with van der Waals surface area (Å²) >= 11 is 3.57. The molecule has 0 aromatic carbocycles. The van der Waals surface area contributed by atoms with Gasteiger partial charge in [0, 0.05) is 6.42 Å². The molecule has 4 aliphatic rings. The van der Waals surface area contributed by atoms with Crippen molar-refractivity contribution in [3.8, 4) is 0 Å². The molecule has 0 radical (unpaired) electrons. The summed E-state index contributed by atoms with van der Waals surface area (Å²) in [6, 6.07) is 0. The highest BCUT2D eigenvalue weighted by atomic mass is 79.9. The first-order valence-electron chi connectivity index (χ1n) is 15.6. The predicted octanol–water partition coefficient (Wildman–Crippen LogP) is 9.89. The number of allylic oxidation sites excluding steroid dienone is 1. The summed E-state index contributed by atoms with van der Waals surface area (Å²) in [7, 11) is 0. The molecule has 0 aliphatic heterocycles. The average molecular weight is 564 g/mol. The molecule has 0 amide bonds. The van der Waals surface area contributed by atoms with Gasteiger partial charge in [-0.1, -0.05) is 101 Å². The first kappa shape index (κ1) is 28.7. The van der Waals surface area contributed by atoms with E-state index >= 15 is 0 Å². The number of hydrogen-bond donors (Lipinski definition) is 0. The van der Waals surface area contributed by atoms with Crippen LogP contribution in [0.3, 0.4) is 0 Å². The maximum atomic E-state index is 12.6. The van der Waals surface area contributed by atoms with Gasteiger partial charge in [-0.05, 0) is 97.7 Å². The number of fused-ring (bicyclic) bond motifs is 5. The predicted molar refractivity (Wildman–Crippen MR) is 155 cm³/mol. The standard InChI is InChI=1S/C33H55BrO2/c1-7-8-12-30(34)31(35)36-25-17-19-32(5)24(21-25)13-14-26-28-16-15-27(23(4)11-9-10-22(2)3)33(28,6)20-18-29(26)32/h13,22-23,25-30H,7-12,14-21H2,1-6H3/t23-,25-,26+,27-,28+,29+,30-,32-,33+/m0/s1. The molecule has 0 spiro atoms. The van der Waals surface area contributed by atoms with Gasteiger partial charge >= 0.3 is 5.97 Å². The number of ether oxygens (including phenoxy) is 1. The minimum absolute atomic E-state index is 0.0423. The maximum absolute atomic E-state index is 12.6. The smallest absolute Gasteiger partial charge is 0.320 e. The van der Waals surface area contributed by atoms with Gasteiger partial charge in [0.15, 0.2) is 0 Å². The van der Waals surface area contributed by atoms with Crippen LogP contribution in [0.2, 0.25) is 0 Å². The number of carbonyl (C=O) groups excluding carboxylic acids is 1. The van der Waals surface area contributed by atoms with Crippen molar-refractivity contribution in [3.63, 3.8) is 0 Å². The van der Waals surface area contributed by atoms with E-state index in [-0.39, 0.29) is 16.9 Å². The van der Waals surface area contributed by atoms with E-state index in [2.05, 4.69) is 63.5 Å². The number of alkyl halides is 1. The van der Waals surface area contributed by atoms with E-state index in [0.717, 1.165) is 67.6 Å². The number of unbranched alkanes of at least 4 members (excludes halogenated alkanes) is 1. The van der Waals surface area contributed by atoms with Crippen molar-refractivity contribution in [2.75, 3.05) is 0 Å². The quantitative estimate of drug-likeness (QED) is 0.150. The number of rotatable bonds is 10. The molecule has 0 aromatic rings. The molecule has 3 fully saturated rings. The third-order valence-corrected chi connectivity index (χ3v) is 12.4. The molecular formula is C33H55BrO2. The Morgan fingerprint density at radius 2 is 1.81 bits per heavy atom. The van der Waals surface area contributed by atoms with Gasteiger partial charge in [0.05, 0.1) is 0 Å². The summed E-state index contributed by atoms with van der Waals surface area (Å²) in [5.74, 6) is 5.20. The molecule has 0 N–H and O–H groups in total. The summed E-state index contributed by atoms with van der Waals surface area (Å²) < 4.78 is 6.03. The molecule has 36 heavy (non-hydrogen) atoms. The summed E-state index contributed by atoms with van der Waals surface area (Å²) in [4.78, 5) is 12.5. The topological polar surface area (TPSA) is 26.3 Å². The number of hydrogen-bond acceptors (Lipinski definition) is 2. The summed E-state index contributed by atoms with van der Waals surface area (Å²) in [5.41, 5.74) is 2.49. The lowest BCUT2D eigenvalue weighted by Gasteiger charge is -2.58. The zero-order valence-corrected chi connectivity index (χ0v) is 25.9. The maximum Gasteiger partial charge on any atom is 0.320 e. The van der Waals surface area contributed by atoms with Gasteiger partial charge in [-0.2, -0.15) is 0 Å². The lowest BCUT2D eigenvalue weighted by atomic mass is 9.47. The fourth-order valence-corrected chi connectivity index (χ4v) is 9.92. The second kappa shape index (κ2) is 11.8. The molecule has 9 atom stereocenters. The Bertz CT molecular complexity index is 789. The molecule has 206 valence electrons. The number of esters is 1. The van der Waals surface area contributed by atoms with E-state index in [4.69, 9.17) is 4.74 Å². The highest BCUT2D eigenvalue weighted by Gasteiger charge is 2.59. The molecule has 3 heteroatoms. The molecule has 0 aromatic heterocycles. The van der Waals surface area contributed by atoms with Crippen LogP contribution in [0.1, 0.15) is 131 Å². The van der Waals surface area contributed by atoms with Crippen molar-refractivity contribution in [1.82, 2.24) is 0 Å². The Labute approximate surface area is 231 Å². The van der Waals surface area contributed by atoms with E-state index in [9.17, 15) is 4.79 Å². The lowest BCUT2D eigenvalue weighted by Crippen LogP contribution is -2.51. The van der Waals surface area contributed by atoms with Crippen LogP contribution in [-0.2, 0) is 9.53 Å². The van der Waals surface area contributed by atoms with E-state index in [1.807, 2.05) is 0 Å². The van der Waals surface area contributed by atoms with Crippen LogP contribution in [0.25, 0.3) is 0 Å². The second-order valence-electron chi connectivity index (χ2n) is 14.2. The third-order valence-electron chi connectivity index (χ3n) is 11.6. The van der Waals surface area contributed by atoms with Crippen LogP contribution in [0.15, 0.2) is 11.6 Å². The fraction of sp³-hybridized carbons (Fsp3) is 0.909. The van der Waals surface area contributed by atoms with Crippen molar-refractivity contribution in [1.29, 1.82) is 0 Å². The molecule has 4 aliphatic carbocycles. The van der Waals surface area contributed by atoms with Gasteiger partial charge < -0.3 is 4.74 Å². The largest absolute Gasteiger partial charge is 0.461 e. The monoisotopic (exact) mass is 562 g/mol. The summed E-state index contributed by atoms with van der Waals surface area (Å²) in [5, 5.41) is 0. The Morgan fingerprint density at radius 1 is 1.03 bits per heavy atom. The molecule has 3 saturated carbocycles. The van der Waals surface area contributed by atoms with Crippen LogP contribution in [0, 0.1) is 46.3 Å². The van der Waals surface area contributed by atoms with Crippen molar-refractivity contribution >= 4 is 21.9 Å². The Morgan fingerprint density at radius 3 is 2.53 bits per heavy atom. The molecule has 0 saturated heterocycles. The molecule has 4 rings (SSSR count). The molecule has 0 unspecified atom stereocenters. The van der Waals surface area contributed by atoms with Gasteiger partial charge in [-0.15, -0.1) is 0 Å². The highest BCUT2D eigenvalue weighted by Crippen LogP contribution is 2.67. The fourth-order valence-electron chi connectivity index (χ4n) is 9.49. The van der Waals surface area contributed by atoms with Crippen molar-refractivity contribution in [2.24, 2.45) is 46.3 Å². The van der Waals surface area contributed by atoms with Crippen LogP contribution in [0.5, 0.6) is 0 Å². The van der Waals surface area contributed by atoms with Crippen LogP contribution in [-0.4, -0.2) is 16.9 Å². The Hall–Kier alpha value is -0.310. The van der Waals surface area contributed by atoms with Crippen molar-refractivity contribution in [2.45, 2.75) is 142 Å².